The van der Waals surface area contributed by atoms with Crippen molar-refractivity contribution in [3.63, 3.8) is 0 Å². The molecule has 36 heavy (non-hydrogen) atoms. The molecule has 0 atom stereocenters. The summed E-state index contributed by atoms with van der Waals surface area (Å²) >= 11 is 1.35. The van der Waals surface area contributed by atoms with Gasteiger partial charge < -0.3 is 24.5 Å². The number of nitrogens with zero attached hydrogens (tertiary/aromatic N) is 3. The van der Waals surface area contributed by atoms with E-state index in [9.17, 15) is 4.79 Å². The molecule has 11 heteroatoms. The van der Waals surface area contributed by atoms with Gasteiger partial charge in [0.2, 0.25) is 5.75 Å². The molecule has 0 saturated heterocycles. The summed E-state index contributed by atoms with van der Waals surface area (Å²) < 4.78 is 20.9. The second-order valence-electron chi connectivity index (χ2n) is 7.57. The summed E-state index contributed by atoms with van der Waals surface area (Å²) in [5, 5.41) is 4.08. The van der Waals surface area contributed by atoms with Gasteiger partial charge in [0.1, 0.15) is 0 Å². The van der Waals surface area contributed by atoms with Crippen LogP contribution in [0.1, 0.15) is 5.69 Å². The highest BCUT2D eigenvalue weighted by atomic mass is 32.1. The average Bonchev–Trinajstić information content (AvgIpc) is 3.61. The molecule has 0 unspecified atom stereocenters. The van der Waals surface area contributed by atoms with Crippen LogP contribution < -0.4 is 24.6 Å². The Labute approximate surface area is 212 Å². The molecule has 0 radical (unpaired) electrons. The van der Waals surface area contributed by atoms with E-state index in [2.05, 4.69) is 19.7 Å². The van der Waals surface area contributed by atoms with E-state index in [4.69, 9.17) is 19.0 Å². The summed E-state index contributed by atoms with van der Waals surface area (Å²) in [6, 6.07) is 10.9. The van der Waals surface area contributed by atoms with Crippen LogP contribution in [0.3, 0.4) is 0 Å². The third kappa shape index (κ3) is 5.26. The topological polar surface area (TPSA) is 111 Å². The molecule has 188 valence electrons. The maximum absolute atomic E-state index is 12.8. The molecular weight excluding hydrogens is 482 g/mol. The number of carbonyl (C=O) groups excluding carboxylic acids is 1. The molecular formula is C25H27N5O5S. The number of amides is 2. The van der Waals surface area contributed by atoms with Gasteiger partial charge in [0.15, 0.2) is 11.5 Å². The fraction of sp³-hybridized carbons (Fsp3) is 0.240. The van der Waals surface area contributed by atoms with Crippen LogP contribution in [0.2, 0.25) is 0 Å². The van der Waals surface area contributed by atoms with Crippen LogP contribution in [-0.2, 0) is 11.3 Å². The number of imidazole rings is 1. The van der Waals surface area contributed by atoms with Crippen molar-refractivity contribution >= 4 is 23.3 Å². The molecule has 2 heterocycles. The van der Waals surface area contributed by atoms with Gasteiger partial charge in [-0.3, -0.25) is 4.84 Å². The van der Waals surface area contributed by atoms with Gasteiger partial charge in [0.05, 0.1) is 45.3 Å². The van der Waals surface area contributed by atoms with Crippen molar-refractivity contribution in [2.45, 2.75) is 6.42 Å². The number of aromatic nitrogens is 3. The molecule has 0 fully saturated rings. The summed E-state index contributed by atoms with van der Waals surface area (Å²) in [4.78, 5) is 26.1. The lowest BCUT2D eigenvalue weighted by Crippen LogP contribution is -2.40. The van der Waals surface area contributed by atoms with Gasteiger partial charge in [-0.2, -0.15) is 9.44 Å². The van der Waals surface area contributed by atoms with E-state index >= 15 is 0 Å². The molecule has 4 rings (SSSR count). The Morgan fingerprint density at radius 2 is 1.81 bits per heavy atom. The minimum absolute atomic E-state index is 0.373. The highest BCUT2D eigenvalue weighted by Crippen LogP contribution is 2.44. The largest absolute Gasteiger partial charge is 0.493 e. The number of anilines is 1. The van der Waals surface area contributed by atoms with Gasteiger partial charge in [-0.05, 0) is 41.4 Å². The van der Waals surface area contributed by atoms with Crippen LogP contribution in [0.15, 0.2) is 55.1 Å². The SMILES string of the molecule is COc1cc(-c2sncc2-c2cccc(N(OC)C(=O)NCCc3cnc[nH]3)c2)cc(OC)c1OC. The van der Waals surface area contributed by atoms with Crippen LogP contribution in [-0.4, -0.2) is 55.4 Å². The van der Waals surface area contributed by atoms with E-state index in [0.717, 1.165) is 27.3 Å². The summed E-state index contributed by atoms with van der Waals surface area (Å²) in [6.45, 7) is 0.431. The van der Waals surface area contributed by atoms with Crippen LogP contribution in [0.5, 0.6) is 17.2 Å². The smallest absolute Gasteiger partial charge is 0.346 e. The van der Waals surface area contributed by atoms with E-state index in [1.165, 1.54) is 23.7 Å². The molecule has 0 aliphatic heterocycles. The minimum atomic E-state index is -0.373. The predicted octanol–water partition coefficient (Wildman–Crippen LogP) is 4.55. The molecule has 4 aromatic rings. The number of aromatic amines is 1. The highest BCUT2D eigenvalue weighted by molar-refractivity contribution is 7.10. The molecule has 2 aromatic carbocycles. The zero-order valence-corrected chi connectivity index (χ0v) is 21.2. The van der Waals surface area contributed by atoms with Crippen molar-refractivity contribution in [3.05, 3.63) is 60.8 Å². The molecule has 10 nitrogen and oxygen atoms in total. The lowest BCUT2D eigenvalue weighted by atomic mass is 10.0. The zero-order valence-electron chi connectivity index (χ0n) is 20.4. The summed E-state index contributed by atoms with van der Waals surface area (Å²) in [5.74, 6) is 1.63. The Morgan fingerprint density at radius 1 is 1.03 bits per heavy atom. The normalized spacial score (nSPS) is 10.7. The van der Waals surface area contributed by atoms with Crippen molar-refractivity contribution in [1.29, 1.82) is 0 Å². The van der Waals surface area contributed by atoms with Gasteiger partial charge in [-0.1, -0.05) is 12.1 Å². The lowest BCUT2D eigenvalue weighted by molar-refractivity contribution is 0.163. The summed E-state index contributed by atoms with van der Waals surface area (Å²) in [6.07, 6.45) is 5.76. The van der Waals surface area contributed by atoms with Crippen LogP contribution in [0, 0.1) is 0 Å². The number of hydrogen-bond acceptors (Lipinski definition) is 8. The number of hydroxylamine groups is 1. The molecule has 2 aromatic heterocycles. The minimum Gasteiger partial charge on any atom is -0.493 e. The van der Waals surface area contributed by atoms with Crippen LogP contribution in [0.25, 0.3) is 21.6 Å². The predicted molar refractivity (Wildman–Crippen MR) is 138 cm³/mol. The first-order valence-electron chi connectivity index (χ1n) is 11.0. The molecule has 0 aliphatic rings. The van der Waals surface area contributed by atoms with Gasteiger partial charge >= 0.3 is 6.03 Å². The Kier molecular flexibility index (Phi) is 8.03. The number of methoxy groups -OCH3 is 3. The molecule has 0 saturated carbocycles. The number of urea groups is 1. The molecule has 0 spiro atoms. The molecule has 0 aliphatic carbocycles. The Hall–Kier alpha value is -4.09. The quantitative estimate of drug-likeness (QED) is 0.302. The number of benzene rings is 2. The van der Waals surface area contributed by atoms with Crippen molar-refractivity contribution in [2.24, 2.45) is 0 Å². The maximum atomic E-state index is 12.8. The third-order valence-electron chi connectivity index (χ3n) is 5.48. The Morgan fingerprint density at radius 3 is 2.44 bits per heavy atom. The summed E-state index contributed by atoms with van der Waals surface area (Å²) in [7, 11) is 6.18. The first-order valence-corrected chi connectivity index (χ1v) is 11.8. The number of H-pyrrole nitrogens is 1. The van der Waals surface area contributed by atoms with Gasteiger partial charge in [0, 0.05) is 42.2 Å². The second-order valence-corrected chi connectivity index (χ2v) is 8.37. The maximum Gasteiger partial charge on any atom is 0.346 e. The standard InChI is InChI=1S/C25H27N5O5S/c1-32-21-11-17(12-22(33-2)23(21)34-3)24-20(14-29-36-24)16-6-5-7-19(10-16)30(35-4)25(31)27-9-8-18-13-26-15-28-18/h5-7,10-15H,8-9H2,1-4H3,(H,26,28)(H,27,31). The Bertz CT molecular complexity index is 1280. The Balaban J connectivity index is 1.60. The lowest BCUT2D eigenvalue weighted by Gasteiger charge is -2.21. The number of carbonyl (C=O) groups is 1. The first kappa shape index (κ1) is 25.0. The second kappa shape index (κ2) is 11.6. The van der Waals surface area contributed by atoms with E-state index in [1.807, 2.05) is 30.3 Å². The van der Waals surface area contributed by atoms with Crippen LogP contribution >= 0.6 is 11.5 Å². The fourth-order valence-electron chi connectivity index (χ4n) is 3.77. The van der Waals surface area contributed by atoms with Crippen molar-refractivity contribution < 1.29 is 23.8 Å². The van der Waals surface area contributed by atoms with E-state index < -0.39 is 0 Å². The number of nitrogens with one attached hydrogen (secondary N) is 2. The van der Waals surface area contributed by atoms with Gasteiger partial charge in [0.25, 0.3) is 0 Å². The van der Waals surface area contributed by atoms with Crippen molar-refractivity contribution in [2.75, 3.05) is 40.0 Å². The van der Waals surface area contributed by atoms with E-state index in [1.54, 1.807) is 46.1 Å². The van der Waals surface area contributed by atoms with Crippen molar-refractivity contribution in [3.8, 4) is 38.8 Å². The number of hydrogen-bond donors (Lipinski definition) is 2. The molecule has 2 N–H and O–H groups in total. The number of ether oxygens (including phenoxy) is 3. The van der Waals surface area contributed by atoms with Crippen LogP contribution in [0.4, 0.5) is 10.5 Å². The number of rotatable bonds is 10. The third-order valence-corrected chi connectivity index (χ3v) is 6.33. The van der Waals surface area contributed by atoms with Crippen molar-refractivity contribution in [1.82, 2.24) is 19.7 Å². The fourth-order valence-corrected chi connectivity index (χ4v) is 4.52. The molecule has 0 bridgehead atoms. The monoisotopic (exact) mass is 509 g/mol. The van der Waals surface area contributed by atoms with E-state index in [0.29, 0.717) is 35.9 Å². The van der Waals surface area contributed by atoms with Gasteiger partial charge in [-0.25, -0.2) is 9.78 Å². The first-order chi connectivity index (χ1) is 17.6. The average molecular weight is 510 g/mol. The zero-order chi connectivity index (χ0) is 25.5. The van der Waals surface area contributed by atoms with E-state index in [-0.39, 0.29) is 6.03 Å². The molecule has 2 amide bonds. The summed E-state index contributed by atoms with van der Waals surface area (Å²) in [5.41, 5.74) is 4.15. The highest BCUT2D eigenvalue weighted by Gasteiger charge is 2.20. The van der Waals surface area contributed by atoms with Gasteiger partial charge in [-0.15, -0.1) is 0 Å².